The molecule has 0 bridgehead atoms. The summed E-state index contributed by atoms with van der Waals surface area (Å²) in [6, 6.07) is 2.50. The topological polar surface area (TPSA) is 56.3 Å². The van der Waals surface area contributed by atoms with Gasteiger partial charge in [0.15, 0.2) is 0 Å². The highest BCUT2D eigenvalue weighted by Crippen LogP contribution is 2.29. The van der Waals surface area contributed by atoms with E-state index in [1.165, 1.54) is 24.1 Å². The molecule has 1 fully saturated rings. The van der Waals surface area contributed by atoms with Gasteiger partial charge in [-0.2, -0.15) is 5.10 Å². The Morgan fingerprint density at radius 1 is 1.33 bits per heavy atom. The second-order valence-corrected chi connectivity index (χ2v) is 7.20. The van der Waals surface area contributed by atoms with Gasteiger partial charge >= 0.3 is 0 Å². The maximum absolute atomic E-state index is 5.85. The number of aromatic nitrogens is 3. The first kappa shape index (κ1) is 15.8. The zero-order valence-corrected chi connectivity index (χ0v) is 14.6. The fourth-order valence-corrected chi connectivity index (χ4v) is 3.50. The monoisotopic (exact) mass is 330 g/mol. The van der Waals surface area contributed by atoms with Crippen molar-refractivity contribution >= 4 is 0 Å². The van der Waals surface area contributed by atoms with Crippen molar-refractivity contribution in [2.45, 2.75) is 52.2 Å². The maximum Gasteiger partial charge on any atom is 0.138 e. The van der Waals surface area contributed by atoms with Gasteiger partial charge in [-0.1, -0.05) is 5.16 Å². The molecular formula is C18H26N4O2. The zero-order chi connectivity index (χ0) is 16.5. The minimum atomic E-state index is 0.378. The first-order valence-corrected chi connectivity index (χ1v) is 8.95. The fourth-order valence-electron chi connectivity index (χ4n) is 3.50. The summed E-state index contributed by atoms with van der Waals surface area (Å²) in [6.07, 6.45) is 5.61. The summed E-state index contributed by atoms with van der Waals surface area (Å²) < 4.78 is 13.3. The van der Waals surface area contributed by atoms with Gasteiger partial charge in [-0.25, -0.2) is 0 Å². The summed E-state index contributed by atoms with van der Waals surface area (Å²) in [6.45, 7) is 8.55. The first-order valence-electron chi connectivity index (χ1n) is 8.95. The predicted octanol–water partition coefficient (Wildman–Crippen LogP) is 2.86. The molecule has 0 radical (unpaired) electrons. The van der Waals surface area contributed by atoms with E-state index in [4.69, 9.17) is 9.26 Å². The fraction of sp³-hybridized carbons (Fsp3) is 0.667. The van der Waals surface area contributed by atoms with Crippen molar-refractivity contribution < 1.29 is 9.26 Å². The molecule has 24 heavy (non-hydrogen) atoms. The highest BCUT2D eigenvalue weighted by atomic mass is 16.5. The van der Waals surface area contributed by atoms with Crippen LogP contribution in [0.15, 0.2) is 16.8 Å². The van der Waals surface area contributed by atoms with E-state index in [1.54, 1.807) is 0 Å². The molecule has 0 saturated heterocycles. The number of nitrogens with zero attached hydrogens (tertiary/aromatic N) is 4. The average Bonchev–Trinajstić information content (AvgIpc) is 3.19. The summed E-state index contributed by atoms with van der Waals surface area (Å²) in [5.41, 5.74) is 3.49. The summed E-state index contributed by atoms with van der Waals surface area (Å²) in [7, 11) is 0. The second-order valence-electron chi connectivity index (χ2n) is 7.20. The number of hydrogen-bond acceptors (Lipinski definition) is 5. The number of hydrogen-bond donors (Lipinski definition) is 0. The van der Waals surface area contributed by atoms with Crippen LogP contribution in [0.5, 0.6) is 0 Å². The molecule has 1 aliphatic heterocycles. The normalized spacial score (nSPS) is 21.2. The smallest absolute Gasteiger partial charge is 0.138 e. The van der Waals surface area contributed by atoms with Crippen LogP contribution >= 0.6 is 0 Å². The van der Waals surface area contributed by atoms with Gasteiger partial charge in [-0.05, 0) is 45.1 Å². The molecule has 0 spiro atoms. The van der Waals surface area contributed by atoms with E-state index in [9.17, 15) is 0 Å². The van der Waals surface area contributed by atoms with E-state index in [1.807, 2.05) is 20.0 Å². The van der Waals surface area contributed by atoms with Gasteiger partial charge in [-0.3, -0.25) is 9.58 Å². The lowest BCUT2D eigenvalue weighted by Crippen LogP contribution is -2.38. The molecule has 0 N–H and O–H groups in total. The highest BCUT2D eigenvalue weighted by Gasteiger charge is 2.27. The summed E-state index contributed by atoms with van der Waals surface area (Å²) >= 11 is 0. The molecule has 1 aliphatic carbocycles. The summed E-state index contributed by atoms with van der Waals surface area (Å²) in [5.74, 6) is 1.75. The lowest BCUT2D eigenvalue weighted by Gasteiger charge is -2.33. The number of fused-ring (bicyclic) bond motifs is 1. The number of aryl methyl sites for hydroxylation is 2. The van der Waals surface area contributed by atoms with Crippen molar-refractivity contribution in [3.63, 3.8) is 0 Å². The molecule has 1 saturated carbocycles. The molecule has 4 rings (SSSR count). The number of ether oxygens (including phenoxy) is 1. The Morgan fingerprint density at radius 2 is 2.21 bits per heavy atom. The Kier molecular flexibility index (Phi) is 4.41. The molecular weight excluding hydrogens is 304 g/mol. The van der Waals surface area contributed by atoms with E-state index in [2.05, 4.69) is 25.9 Å². The second kappa shape index (κ2) is 6.69. The minimum absolute atomic E-state index is 0.378. The standard InChI is InChI=1S/C18H26N4O2/c1-13-18(14(2)24-20-13)11-21-9-16-5-7-19-22(16)17(10-21)6-8-23-12-15-3-4-15/h5,7,15,17H,3-4,6,8-12H2,1-2H3. The Hall–Kier alpha value is -1.66. The summed E-state index contributed by atoms with van der Waals surface area (Å²) in [5, 5.41) is 8.61. The van der Waals surface area contributed by atoms with Gasteiger partial charge in [0.1, 0.15) is 5.76 Å². The molecule has 6 heteroatoms. The molecule has 0 amide bonds. The molecule has 2 aliphatic rings. The largest absolute Gasteiger partial charge is 0.381 e. The van der Waals surface area contributed by atoms with E-state index >= 15 is 0 Å². The maximum atomic E-state index is 5.85. The Balaban J connectivity index is 1.40. The van der Waals surface area contributed by atoms with Gasteiger partial charge in [0, 0.05) is 44.6 Å². The van der Waals surface area contributed by atoms with Crippen molar-refractivity contribution in [1.82, 2.24) is 19.8 Å². The highest BCUT2D eigenvalue weighted by molar-refractivity contribution is 5.21. The van der Waals surface area contributed by atoms with Gasteiger partial charge in [0.2, 0.25) is 0 Å². The van der Waals surface area contributed by atoms with E-state index in [0.29, 0.717) is 6.04 Å². The van der Waals surface area contributed by atoms with Crippen molar-refractivity contribution in [2.75, 3.05) is 19.8 Å². The summed E-state index contributed by atoms with van der Waals surface area (Å²) in [4.78, 5) is 2.47. The van der Waals surface area contributed by atoms with Crippen LogP contribution in [0.2, 0.25) is 0 Å². The van der Waals surface area contributed by atoms with Crippen LogP contribution in [0.3, 0.4) is 0 Å². The van der Waals surface area contributed by atoms with E-state index < -0.39 is 0 Å². The third-order valence-electron chi connectivity index (χ3n) is 5.16. The molecule has 2 aromatic heterocycles. The first-order chi connectivity index (χ1) is 11.7. The predicted molar refractivity (Wildman–Crippen MR) is 89.5 cm³/mol. The molecule has 1 unspecified atom stereocenters. The minimum Gasteiger partial charge on any atom is -0.381 e. The quantitative estimate of drug-likeness (QED) is 0.731. The number of rotatable bonds is 7. The van der Waals surface area contributed by atoms with Gasteiger partial charge in [0.05, 0.1) is 17.4 Å². The van der Waals surface area contributed by atoms with Crippen LogP contribution in [-0.2, 0) is 17.8 Å². The zero-order valence-electron chi connectivity index (χ0n) is 14.6. The van der Waals surface area contributed by atoms with Gasteiger partial charge < -0.3 is 9.26 Å². The molecule has 6 nitrogen and oxygen atoms in total. The molecule has 2 aromatic rings. The van der Waals surface area contributed by atoms with Crippen molar-refractivity contribution in [2.24, 2.45) is 5.92 Å². The molecule has 0 aromatic carbocycles. The Bertz CT molecular complexity index is 670. The molecule has 130 valence electrons. The van der Waals surface area contributed by atoms with E-state index in [-0.39, 0.29) is 0 Å². The van der Waals surface area contributed by atoms with Crippen LogP contribution in [0.1, 0.15) is 48.0 Å². The Labute approximate surface area is 142 Å². The van der Waals surface area contributed by atoms with Crippen molar-refractivity contribution in [3.8, 4) is 0 Å². The molecule has 1 atom stereocenters. The van der Waals surface area contributed by atoms with Crippen LogP contribution < -0.4 is 0 Å². The lowest BCUT2D eigenvalue weighted by molar-refractivity contribution is 0.0903. The van der Waals surface area contributed by atoms with Crippen LogP contribution in [0.4, 0.5) is 0 Å². The Morgan fingerprint density at radius 3 is 2.96 bits per heavy atom. The van der Waals surface area contributed by atoms with Crippen LogP contribution in [0, 0.1) is 19.8 Å². The van der Waals surface area contributed by atoms with E-state index in [0.717, 1.165) is 56.6 Å². The van der Waals surface area contributed by atoms with Gasteiger partial charge in [-0.15, -0.1) is 0 Å². The SMILES string of the molecule is Cc1noc(C)c1CN1Cc2ccnn2C(CCOCC2CC2)C1. The molecule has 3 heterocycles. The lowest BCUT2D eigenvalue weighted by atomic mass is 10.1. The van der Waals surface area contributed by atoms with Gasteiger partial charge in [0.25, 0.3) is 0 Å². The average molecular weight is 330 g/mol. The third-order valence-corrected chi connectivity index (χ3v) is 5.16. The van der Waals surface area contributed by atoms with Crippen LogP contribution in [-0.4, -0.2) is 39.6 Å². The van der Waals surface area contributed by atoms with Crippen molar-refractivity contribution in [1.29, 1.82) is 0 Å². The van der Waals surface area contributed by atoms with Crippen LogP contribution in [0.25, 0.3) is 0 Å². The third kappa shape index (κ3) is 3.39. The van der Waals surface area contributed by atoms with Crippen molar-refractivity contribution in [3.05, 3.63) is 35.0 Å².